The third-order valence-corrected chi connectivity index (χ3v) is 7.06. The van der Waals surface area contributed by atoms with Gasteiger partial charge in [0.05, 0.1) is 37.4 Å². The van der Waals surface area contributed by atoms with Gasteiger partial charge in [0.1, 0.15) is 6.04 Å². The average Bonchev–Trinajstić information content (AvgIpc) is 2.90. The lowest BCUT2D eigenvalue weighted by Crippen LogP contribution is -2.45. The molecule has 9 nitrogen and oxygen atoms in total. The molecule has 1 unspecified atom stereocenters. The Kier molecular flexibility index (Phi) is 9.47. The number of carbonyl (C=O) groups is 2. The summed E-state index contributed by atoms with van der Waals surface area (Å²) >= 11 is 0. The van der Waals surface area contributed by atoms with E-state index in [-0.39, 0.29) is 23.5 Å². The van der Waals surface area contributed by atoms with Gasteiger partial charge < -0.3 is 20.1 Å². The molecule has 0 aliphatic heterocycles. The number of hydrogen-bond donors (Lipinski definition) is 2. The van der Waals surface area contributed by atoms with E-state index in [1.807, 2.05) is 6.07 Å². The van der Waals surface area contributed by atoms with Crippen LogP contribution in [-0.2, 0) is 21.2 Å². The van der Waals surface area contributed by atoms with Crippen molar-refractivity contribution in [2.45, 2.75) is 19.4 Å². The SMILES string of the molecule is COc1ccc(CCNC(=O)c2ccccc2NC(=O)C(C)N(c2ccc(F)c(F)c2)S(C)(=O)=O)cc1OC. The highest BCUT2D eigenvalue weighted by atomic mass is 32.2. The number of anilines is 2. The van der Waals surface area contributed by atoms with Gasteiger partial charge in [0.25, 0.3) is 5.91 Å². The smallest absolute Gasteiger partial charge is 0.253 e. The minimum atomic E-state index is -4.07. The highest BCUT2D eigenvalue weighted by Crippen LogP contribution is 2.28. The quantitative estimate of drug-likeness (QED) is 0.369. The number of hydrogen-bond acceptors (Lipinski definition) is 6. The van der Waals surface area contributed by atoms with Crippen LogP contribution in [0.1, 0.15) is 22.8 Å². The molecule has 0 spiro atoms. The van der Waals surface area contributed by atoms with Gasteiger partial charge in [-0.25, -0.2) is 17.2 Å². The summed E-state index contributed by atoms with van der Waals surface area (Å²) in [5, 5.41) is 5.37. The van der Waals surface area contributed by atoms with Crippen molar-refractivity contribution in [3.8, 4) is 11.5 Å². The predicted molar refractivity (Wildman–Crippen MR) is 144 cm³/mol. The number of sulfonamides is 1. The topological polar surface area (TPSA) is 114 Å². The maximum absolute atomic E-state index is 13.8. The maximum Gasteiger partial charge on any atom is 0.253 e. The largest absolute Gasteiger partial charge is 0.493 e. The number of para-hydroxylation sites is 1. The van der Waals surface area contributed by atoms with Crippen LogP contribution in [0.3, 0.4) is 0 Å². The molecule has 0 heterocycles. The molecule has 0 fully saturated rings. The van der Waals surface area contributed by atoms with E-state index in [1.54, 1.807) is 24.3 Å². The van der Waals surface area contributed by atoms with Crippen molar-refractivity contribution < 1.29 is 36.3 Å². The van der Waals surface area contributed by atoms with Crippen LogP contribution in [0.25, 0.3) is 0 Å². The molecule has 0 radical (unpaired) electrons. The molecular weight excluding hydrogens is 532 g/mol. The first kappa shape index (κ1) is 29.4. The Morgan fingerprint density at radius 3 is 2.28 bits per heavy atom. The third kappa shape index (κ3) is 7.23. The van der Waals surface area contributed by atoms with Gasteiger partial charge in [0, 0.05) is 12.6 Å². The summed E-state index contributed by atoms with van der Waals surface area (Å²) in [6, 6.07) is 12.8. The second-order valence-corrected chi connectivity index (χ2v) is 10.4. The number of methoxy groups -OCH3 is 2. The summed E-state index contributed by atoms with van der Waals surface area (Å²) in [4.78, 5) is 26.0. The van der Waals surface area contributed by atoms with E-state index in [0.717, 1.165) is 24.0 Å². The minimum Gasteiger partial charge on any atom is -0.493 e. The lowest BCUT2D eigenvalue weighted by molar-refractivity contribution is -0.116. The van der Waals surface area contributed by atoms with Crippen molar-refractivity contribution >= 4 is 33.2 Å². The van der Waals surface area contributed by atoms with E-state index in [4.69, 9.17) is 9.47 Å². The molecular formula is C27H29F2N3O6S. The summed E-state index contributed by atoms with van der Waals surface area (Å²) in [6.07, 6.45) is 1.34. The van der Waals surface area contributed by atoms with Gasteiger partial charge in [-0.3, -0.25) is 13.9 Å². The first-order valence-corrected chi connectivity index (χ1v) is 13.6. The zero-order chi connectivity index (χ0) is 28.7. The van der Waals surface area contributed by atoms with Crippen LogP contribution in [0.2, 0.25) is 0 Å². The Labute approximate surface area is 225 Å². The highest BCUT2D eigenvalue weighted by molar-refractivity contribution is 7.92. The molecule has 0 bridgehead atoms. The molecule has 208 valence electrons. The van der Waals surface area contributed by atoms with Crippen LogP contribution in [0.5, 0.6) is 11.5 Å². The average molecular weight is 562 g/mol. The lowest BCUT2D eigenvalue weighted by Gasteiger charge is -2.28. The van der Waals surface area contributed by atoms with Crippen LogP contribution in [-0.4, -0.2) is 53.3 Å². The van der Waals surface area contributed by atoms with Crippen molar-refractivity contribution in [1.29, 1.82) is 0 Å². The Balaban J connectivity index is 1.73. The fourth-order valence-corrected chi connectivity index (χ4v) is 5.08. The molecule has 3 rings (SSSR count). The number of halogens is 2. The molecule has 3 aromatic carbocycles. The van der Waals surface area contributed by atoms with Crippen LogP contribution in [0.15, 0.2) is 60.7 Å². The van der Waals surface area contributed by atoms with E-state index < -0.39 is 39.5 Å². The number of nitrogens with one attached hydrogen (secondary N) is 2. The summed E-state index contributed by atoms with van der Waals surface area (Å²) in [6.45, 7) is 1.58. The van der Waals surface area contributed by atoms with Crippen LogP contribution in [0.4, 0.5) is 20.2 Å². The Morgan fingerprint density at radius 1 is 0.949 bits per heavy atom. The first-order valence-electron chi connectivity index (χ1n) is 11.8. The molecule has 3 aromatic rings. The summed E-state index contributed by atoms with van der Waals surface area (Å²) in [5.41, 5.74) is 0.988. The third-order valence-electron chi connectivity index (χ3n) is 5.82. The molecule has 12 heteroatoms. The van der Waals surface area contributed by atoms with Crippen molar-refractivity contribution in [3.05, 3.63) is 83.4 Å². The number of rotatable bonds is 11. The molecule has 39 heavy (non-hydrogen) atoms. The van der Waals surface area contributed by atoms with E-state index in [9.17, 15) is 26.8 Å². The highest BCUT2D eigenvalue weighted by Gasteiger charge is 2.30. The molecule has 0 aliphatic rings. The molecule has 0 aliphatic carbocycles. The monoisotopic (exact) mass is 561 g/mol. The summed E-state index contributed by atoms with van der Waals surface area (Å²) < 4.78 is 63.3. The maximum atomic E-state index is 13.8. The van der Waals surface area contributed by atoms with E-state index in [2.05, 4.69) is 10.6 Å². The van der Waals surface area contributed by atoms with Crippen LogP contribution < -0.4 is 24.4 Å². The molecule has 1 atom stereocenters. The van der Waals surface area contributed by atoms with E-state index in [0.29, 0.717) is 28.3 Å². The molecule has 0 aromatic heterocycles. The van der Waals surface area contributed by atoms with Gasteiger partial charge in [-0.1, -0.05) is 18.2 Å². The van der Waals surface area contributed by atoms with Gasteiger partial charge in [-0.15, -0.1) is 0 Å². The van der Waals surface area contributed by atoms with Gasteiger partial charge in [-0.05, 0) is 55.3 Å². The second kappa shape index (κ2) is 12.6. The number of nitrogens with zero attached hydrogens (tertiary/aromatic N) is 1. The minimum absolute atomic E-state index is 0.150. The van der Waals surface area contributed by atoms with Crippen LogP contribution in [0, 0.1) is 11.6 Å². The van der Waals surface area contributed by atoms with Crippen molar-refractivity contribution in [2.24, 2.45) is 0 Å². The molecule has 2 N–H and O–H groups in total. The molecule has 2 amide bonds. The van der Waals surface area contributed by atoms with Gasteiger partial charge >= 0.3 is 0 Å². The zero-order valence-corrected chi connectivity index (χ0v) is 22.6. The van der Waals surface area contributed by atoms with Gasteiger partial charge in [-0.2, -0.15) is 0 Å². The summed E-state index contributed by atoms with van der Waals surface area (Å²) in [5.74, 6) is -2.51. The Morgan fingerprint density at radius 2 is 1.64 bits per heavy atom. The Bertz CT molecular complexity index is 1470. The Hall–Kier alpha value is -4.19. The van der Waals surface area contributed by atoms with E-state index in [1.165, 1.54) is 33.3 Å². The zero-order valence-electron chi connectivity index (χ0n) is 21.8. The fraction of sp³-hybridized carbons (Fsp3) is 0.259. The number of ether oxygens (including phenoxy) is 2. The first-order chi connectivity index (χ1) is 18.5. The van der Waals surface area contributed by atoms with Crippen LogP contribution >= 0.6 is 0 Å². The molecule has 0 saturated heterocycles. The van der Waals surface area contributed by atoms with E-state index >= 15 is 0 Å². The van der Waals surface area contributed by atoms with Crippen molar-refractivity contribution in [3.63, 3.8) is 0 Å². The second-order valence-electron chi connectivity index (χ2n) is 8.56. The number of carbonyl (C=O) groups excluding carboxylic acids is 2. The van der Waals surface area contributed by atoms with Gasteiger partial charge in [0.2, 0.25) is 15.9 Å². The summed E-state index contributed by atoms with van der Waals surface area (Å²) in [7, 11) is -1.00. The standard InChI is InChI=1S/C27H29F2N3O6S/c1-17(32(39(4,35)36)19-10-11-21(28)22(29)16-19)26(33)31-23-8-6-5-7-20(23)27(34)30-14-13-18-9-12-24(37-2)25(15-18)38-3/h5-12,15-17H,13-14H2,1-4H3,(H,30,34)(H,31,33). The van der Waals surface area contributed by atoms with Crippen molar-refractivity contribution in [2.75, 3.05) is 36.6 Å². The van der Waals surface area contributed by atoms with Crippen molar-refractivity contribution in [1.82, 2.24) is 5.32 Å². The van der Waals surface area contributed by atoms with Gasteiger partial charge in [0.15, 0.2) is 23.1 Å². The number of benzene rings is 3. The number of amides is 2. The normalized spacial score (nSPS) is 11.8. The fourth-order valence-electron chi connectivity index (χ4n) is 3.91. The predicted octanol–water partition coefficient (Wildman–Crippen LogP) is 3.75. The molecule has 0 saturated carbocycles. The lowest BCUT2D eigenvalue weighted by atomic mass is 10.1.